The number of aromatic nitrogens is 2. The van der Waals surface area contributed by atoms with Crippen LogP contribution in [0.2, 0.25) is 5.28 Å². The molecule has 1 amide bonds. The number of esters is 1. The Labute approximate surface area is 158 Å². The predicted molar refractivity (Wildman–Crippen MR) is 97.5 cm³/mol. The van der Waals surface area contributed by atoms with E-state index in [1.54, 1.807) is 11.8 Å². The van der Waals surface area contributed by atoms with Crippen molar-refractivity contribution in [3.63, 3.8) is 0 Å². The highest BCUT2D eigenvalue weighted by molar-refractivity contribution is 6.28. The number of carbonyl (C=O) groups excluding carboxylic acids is 2. The van der Waals surface area contributed by atoms with E-state index in [2.05, 4.69) is 15.3 Å². The number of halogens is 1. The minimum absolute atomic E-state index is 0.0281. The molecule has 1 saturated heterocycles. The Bertz CT molecular complexity index is 663. The highest BCUT2D eigenvalue weighted by Crippen LogP contribution is 2.21. The molecule has 2 rings (SSSR count). The molecule has 144 valence electrons. The molecule has 1 N–H and O–H groups in total. The van der Waals surface area contributed by atoms with Crippen molar-refractivity contribution >= 4 is 29.5 Å². The molecule has 0 saturated carbocycles. The van der Waals surface area contributed by atoms with Crippen molar-refractivity contribution in [2.24, 2.45) is 0 Å². The Morgan fingerprint density at radius 2 is 2.15 bits per heavy atom. The Morgan fingerprint density at radius 3 is 2.81 bits per heavy atom. The second kappa shape index (κ2) is 8.53. The minimum atomic E-state index is -0.547. The Morgan fingerprint density at radius 1 is 1.42 bits per heavy atom. The maximum atomic E-state index is 12.3. The number of nitrogens with one attached hydrogen (secondary N) is 1. The van der Waals surface area contributed by atoms with Crippen LogP contribution in [0.4, 0.5) is 10.6 Å². The molecule has 0 radical (unpaired) electrons. The fourth-order valence-corrected chi connectivity index (χ4v) is 2.74. The van der Waals surface area contributed by atoms with Gasteiger partial charge in [0.1, 0.15) is 17.0 Å². The summed E-state index contributed by atoms with van der Waals surface area (Å²) in [4.78, 5) is 34.0. The van der Waals surface area contributed by atoms with Gasteiger partial charge in [0, 0.05) is 25.3 Å². The van der Waals surface area contributed by atoms with E-state index >= 15 is 0 Å². The van der Waals surface area contributed by atoms with Crippen LogP contribution in [0.1, 0.15) is 50.9 Å². The Kier molecular flexibility index (Phi) is 6.63. The smallest absolute Gasteiger partial charge is 0.410 e. The average Bonchev–Trinajstić information content (AvgIpc) is 2.54. The van der Waals surface area contributed by atoms with Gasteiger partial charge in [0.15, 0.2) is 0 Å². The molecular weight excluding hydrogens is 360 g/mol. The highest BCUT2D eigenvalue weighted by Gasteiger charge is 2.28. The van der Waals surface area contributed by atoms with Crippen molar-refractivity contribution < 1.29 is 19.1 Å². The molecule has 8 nitrogen and oxygen atoms in total. The zero-order valence-corrected chi connectivity index (χ0v) is 16.3. The lowest BCUT2D eigenvalue weighted by Crippen LogP contribution is -2.47. The van der Waals surface area contributed by atoms with Gasteiger partial charge < -0.3 is 19.7 Å². The summed E-state index contributed by atoms with van der Waals surface area (Å²) in [6, 6.07) is -0.0876. The second-order valence-corrected chi connectivity index (χ2v) is 7.37. The Balaban J connectivity index is 2.09. The van der Waals surface area contributed by atoms with Crippen LogP contribution in [0.5, 0.6) is 0 Å². The third-order valence-corrected chi connectivity index (χ3v) is 3.85. The van der Waals surface area contributed by atoms with Gasteiger partial charge in [-0.25, -0.2) is 14.6 Å². The summed E-state index contributed by atoms with van der Waals surface area (Å²) in [7, 11) is 0. The summed E-state index contributed by atoms with van der Waals surface area (Å²) in [5, 5.41) is 3.22. The quantitative estimate of drug-likeness (QED) is 0.629. The molecule has 9 heteroatoms. The summed E-state index contributed by atoms with van der Waals surface area (Å²) < 4.78 is 10.5. The average molecular weight is 385 g/mol. The lowest BCUT2D eigenvalue weighted by atomic mass is 10.1. The van der Waals surface area contributed by atoms with Crippen molar-refractivity contribution in [3.05, 3.63) is 17.0 Å². The van der Waals surface area contributed by atoms with Crippen molar-refractivity contribution in [2.45, 2.75) is 52.2 Å². The van der Waals surface area contributed by atoms with Crippen LogP contribution in [0.15, 0.2) is 6.20 Å². The van der Waals surface area contributed by atoms with Crippen LogP contribution in [-0.2, 0) is 9.47 Å². The van der Waals surface area contributed by atoms with Crippen molar-refractivity contribution in [3.8, 4) is 0 Å². The molecule has 1 atom stereocenters. The summed E-state index contributed by atoms with van der Waals surface area (Å²) in [5.41, 5.74) is -0.333. The van der Waals surface area contributed by atoms with Gasteiger partial charge in [0.05, 0.1) is 6.61 Å². The van der Waals surface area contributed by atoms with Gasteiger partial charge >= 0.3 is 12.1 Å². The lowest BCUT2D eigenvalue weighted by Gasteiger charge is -2.34. The first-order chi connectivity index (χ1) is 12.2. The van der Waals surface area contributed by atoms with Gasteiger partial charge in [-0.15, -0.1) is 0 Å². The van der Waals surface area contributed by atoms with Crippen LogP contribution in [-0.4, -0.2) is 58.3 Å². The molecule has 2 heterocycles. The van der Waals surface area contributed by atoms with Crippen LogP contribution < -0.4 is 5.32 Å². The molecule has 1 aromatic heterocycles. The number of likely N-dealkylation sites (tertiary alicyclic amines) is 1. The number of carbonyl (C=O) groups is 2. The molecular formula is C17H25ClN4O4. The molecule has 0 bridgehead atoms. The first kappa shape index (κ1) is 20.2. The number of anilines is 1. The standard InChI is InChI=1S/C17H25ClN4O4/c1-5-25-14(23)12-9-19-15(18)21-13(12)20-11-7-6-8-22(10-11)16(24)26-17(2,3)4/h9,11H,5-8,10H2,1-4H3,(H,19,20,21). The van der Waals surface area contributed by atoms with E-state index in [1.165, 1.54) is 6.20 Å². The molecule has 1 aliphatic heterocycles. The normalized spacial score (nSPS) is 17.6. The summed E-state index contributed by atoms with van der Waals surface area (Å²) in [6.45, 7) is 8.54. The lowest BCUT2D eigenvalue weighted by molar-refractivity contribution is 0.0205. The topological polar surface area (TPSA) is 93.6 Å². The first-order valence-electron chi connectivity index (χ1n) is 8.63. The SMILES string of the molecule is CCOC(=O)c1cnc(Cl)nc1NC1CCCN(C(=O)OC(C)(C)C)C1. The van der Waals surface area contributed by atoms with E-state index in [0.717, 1.165) is 12.8 Å². The summed E-state index contributed by atoms with van der Waals surface area (Å²) in [6.07, 6.45) is 2.62. The summed E-state index contributed by atoms with van der Waals surface area (Å²) >= 11 is 5.87. The van der Waals surface area contributed by atoms with E-state index in [-0.39, 0.29) is 29.6 Å². The molecule has 0 aromatic carbocycles. The van der Waals surface area contributed by atoms with Gasteiger partial charge in [0.2, 0.25) is 5.28 Å². The largest absolute Gasteiger partial charge is 0.462 e. The monoisotopic (exact) mass is 384 g/mol. The van der Waals surface area contributed by atoms with Gasteiger partial charge in [-0.1, -0.05) is 0 Å². The van der Waals surface area contributed by atoms with E-state index in [9.17, 15) is 9.59 Å². The molecule has 1 aliphatic rings. The van der Waals surface area contributed by atoms with Crippen LogP contribution >= 0.6 is 11.6 Å². The van der Waals surface area contributed by atoms with E-state index < -0.39 is 11.6 Å². The third-order valence-electron chi connectivity index (χ3n) is 3.67. The fraction of sp³-hybridized carbons (Fsp3) is 0.647. The van der Waals surface area contributed by atoms with Crippen LogP contribution in [0.25, 0.3) is 0 Å². The van der Waals surface area contributed by atoms with Crippen LogP contribution in [0, 0.1) is 0 Å². The molecule has 1 fully saturated rings. The fourth-order valence-electron chi connectivity index (χ4n) is 2.61. The molecule has 0 spiro atoms. The van der Waals surface area contributed by atoms with Gasteiger partial charge in [-0.05, 0) is 52.1 Å². The third kappa shape index (κ3) is 5.72. The zero-order valence-electron chi connectivity index (χ0n) is 15.5. The zero-order chi connectivity index (χ0) is 19.3. The Hall–Kier alpha value is -2.09. The minimum Gasteiger partial charge on any atom is -0.462 e. The van der Waals surface area contributed by atoms with E-state index in [0.29, 0.717) is 18.9 Å². The number of piperidine rings is 1. The van der Waals surface area contributed by atoms with E-state index in [1.807, 2.05) is 20.8 Å². The maximum absolute atomic E-state index is 12.3. The number of hydrogen-bond acceptors (Lipinski definition) is 7. The van der Waals surface area contributed by atoms with Gasteiger partial charge in [-0.2, -0.15) is 4.98 Å². The number of nitrogens with zero attached hydrogens (tertiary/aromatic N) is 3. The molecule has 1 aromatic rings. The van der Waals surface area contributed by atoms with Crippen molar-refractivity contribution in [2.75, 3.05) is 25.0 Å². The summed E-state index contributed by atoms with van der Waals surface area (Å²) in [5.74, 6) is -0.217. The van der Waals surface area contributed by atoms with Crippen LogP contribution in [0.3, 0.4) is 0 Å². The number of rotatable bonds is 4. The number of ether oxygens (including phenoxy) is 2. The van der Waals surface area contributed by atoms with Gasteiger partial charge in [-0.3, -0.25) is 0 Å². The first-order valence-corrected chi connectivity index (χ1v) is 9.01. The molecule has 1 unspecified atom stereocenters. The van der Waals surface area contributed by atoms with Gasteiger partial charge in [0.25, 0.3) is 0 Å². The highest BCUT2D eigenvalue weighted by atomic mass is 35.5. The second-order valence-electron chi connectivity index (χ2n) is 7.03. The maximum Gasteiger partial charge on any atom is 0.410 e. The van der Waals surface area contributed by atoms with Crippen molar-refractivity contribution in [1.29, 1.82) is 0 Å². The number of hydrogen-bond donors (Lipinski definition) is 1. The van der Waals surface area contributed by atoms with Crippen molar-refractivity contribution in [1.82, 2.24) is 14.9 Å². The predicted octanol–water partition coefficient (Wildman–Crippen LogP) is 3.12. The number of amides is 1. The van der Waals surface area contributed by atoms with E-state index in [4.69, 9.17) is 21.1 Å². The molecule has 0 aliphatic carbocycles. The molecule has 26 heavy (non-hydrogen) atoms.